The second-order valence-corrected chi connectivity index (χ2v) is 6.78. The van der Waals surface area contributed by atoms with Gasteiger partial charge in [-0.25, -0.2) is 14.5 Å². The third kappa shape index (κ3) is 2.45. The summed E-state index contributed by atoms with van der Waals surface area (Å²) in [4.78, 5) is 21.6. The van der Waals surface area contributed by atoms with Crippen LogP contribution >= 0.6 is 0 Å². The number of anilines is 1. The molecule has 0 saturated heterocycles. The third-order valence-corrected chi connectivity index (χ3v) is 4.95. The lowest BCUT2D eigenvalue weighted by Gasteiger charge is -2.36. The molecule has 0 radical (unpaired) electrons. The number of fused-ring (bicyclic) bond motifs is 2. The van der Waals surface area contributed by atoms with E-state index in [-0.39, 0.29) is 24.1 Å². The standard InChI is InChI=1S/C18H18N6O2/c1-10-13-3-2-5-19-18(13)26-12-7-11(8-12)22-17(25)14-9-20-24-6-4-15(21-10)23-16(14)24/h2-6,9-12H,7-8H2,1H3,(H,21,23)(H,22,25)/t10-,11-,12+/m1/s1. The van der Waals surface area contributed by atoms with Gasteiger partial charge in [-0.05, 0) is 19.1 Å². The van der Waals surface area contributed by atoms with E-state index >= 15 is 0 Å². The minimum Gasteiger partial charge on any atom is -0.474 e. The number of carbonyl (C=O) groups is 1. The molecule has 0 spiro atoms. The Hall–Kier alpha value is -3.16. The van der Waals surface area contributed by atoms with Gasteiger partial charge in [-0.1, -0.05) is 6.07 Å². The van der Waals surface area contributed by atoms with E-state index in [0.717, 1.165) is 18.4 Å². The summed E-state index contributed by atoms with van der Waals surface area (Å²) < 4.78 is 7.68. The molecule has 2 aliphatic heterocycles. The summed E-state index contributed by atoms with van der Waals surface area (Å²) in [6.07, 6.45) is 6.67. The summed E-state index contributed by atoms with van der Waals surface area (Å²) >= 11 is 0. The van der Waals surface area contributed by atoms with Gasteiger partial charge in [0.25, 0.3) is 5.91 Å². The van der Waals surface area contributed by atoms with Crippen LogP contribution in [0.1, 0.15) is 41.7 Å². The van der Waals surface area contributed by atoms with Crippen LogP contribution in [-0.2, 0) is 0 Å². The zero-order valence-corrected chi connectivity index (χ0v) is 14.2. The van der Waals surface area contributed by atoms with E-state index in [2.05, 4.69) is 25.7 Å². The van der Waals surface area contributed by atoms with Gasteiger partial charge in [0.05, 0.1) is 12.2 Å². The van der Waals surface area contributed by atoms with Crippen molar-refractivity contribution in [1.82, 2.24) is 24.9 Å². The highest BCUT2D eigenvalue weighted by molar-refractivity contribution is 6.00. The van der Waals surface area contributed by atoms with Gasteiger partial charge >= 0.3 is 0 Å². The molecule has 5 heterocycles. The fourth-order valence-electron chi connectivity index (χ4n) is 3.44. The number of carbonyl (C=O) groups excluding carboxylic acids is 1. The molecular weight excluding hydrogens is 332 g/mol. The highest BCUT2D eigenvalue weighted by Gasteiger charge is 2.34. The minimum absolute atomic E-state index is 0.0485. The molecule has 3 aliphatic rings. The van der Waals surface area contributed by atoms with Crippen molar-refractivity contribution in [3.63, 3.8) is 0 Å². The van der Waals surface area contributed by atoms with Gasteiger partial charge in [0.15, 0.2) is 5.65 Å². The number of hydrogen-bond acceptors (Lipinski definition) is 6. The monoisotopic (exact) mass is 350 g/mol. The van der Waals surface area contributed by atoms with Crippen molar-refractivity contribution in [2.24, 2.45) is 0 Å². The van der Waals surface area contributed by atoms with E-state index in [9.17, 15) is 4.79 Å². The molecule has 6 rings (SSSR count). The van der Waals surface area contributed by atoms with Crippen LogP contribution in [0, 0.1) is 0 Å². The molecule has 8 heteroatoms. The topological polar surface area (TPSA) is 93.4 Å². The van der Waals surface area contributed by atoms with Gasteiger partial charge < -0.3 is 15.4 Å². The minimum atomic E-state index is -0.156. The molecule has 1 aliphatic carbocycles. The largest absolute Gasteiger partial charge is 0.474 e. The number of nitrogens with zero attached hydrogens (tertiary/aromatic N) is 4. The average molecular weight is 350 g/mol. The van der Waals surface area contributed by atoms with Crippen LogP contribution in [-0.4, -0.2) is 37.6 Å². The maximum absolute atomic E-state index is 12.6. The van der Waals surface area contributed by atoms with Crippen LogP contribution in [0.2, 0.25) is 0 Å². The van der Waals surface area contributed by atoms with E-state index in [1.165, 1.54) is 0 Å². The summed E-state index contributed by atoms with van der Waals surface area (Å²) in [6.45, 7) is 2.04. The molecule has 1 saturated carbocycles. The summed E-state index contributed by atoms with van der Waals surface area (Å²) in [5.74, 6) is 1.14. The maximum atomic E-state index is 12.6. The first-order valence-electron chi connectivity index (χ1n) is 8.71. The van der Waals surface area contributed by atoms with E-state index in [1.807, 2.05) is 25.1 Å². The van der Waals surface area contributed by atoms with Gasteiger partial charge in [-0.15, -0.1) is 0 Å². The van der Waals surface area contributed by atoms with Crippen molar-refractivity contribution < 1.29 is 9.53 Å². The molecule has 8 nitrogen and oxygen atoms in total. The Kier molecular flexibility index (Phi) is 3.31. The van der Waals surface area contributed by atoms with Crippen molar-refractivity contribution >= 4 is 17.4 Å². The van der Waals surface area contributed by atoms with Crippen LogP contribution in [0.5, 0.6) is 5.88 Å². The first-order chi connectivity index (χ1) is 12.7. The number of rotatable bonds is 0. The van der Waals surface area contributed by atoms with Gasteiger partial charge in [-0.2, -0.15) is 5.10 Å². The number of hydrogen-bond donors (Lipinski definition) is 2. The van der Waals surface area contributed by atoms with Gasteiger partial charge in [0.1, 0.15) is 17.5 Å². The third-order valence-electron chi connectivity index (χ3n) is 4.95. The molecule has 4 bridgehead atoms. The molecule has 2 N–H and O–H groups in total. The lowest BCUT2D eigenvalue weighted by Crippen LogP contribution is -2.49. The molecule has 3 aromatic heterocycles. The van der Waals surface area contributed by atoms with Crippen LogP contribution < -0.4 is 15.4 Å². The molecule has 3 aromatic rings. The number of aromatic nitrogens is 4. The molecule has 0 unspecified atom stereocenters. The molecular formula is C18H18N6O2. The highest BCUT2D eigenvalue weighted by Crippen LogP contribution is 2.31. The van der Waals surface area contributed by atoms with Crippen LogP contribution in [0.15, 0.2) is 36.8 Å². The zero-order chi connectivity index (χ0) is 17.7. The predicted octanol–water partition coefficient (Wildman–Crippen LogP) is 1.95. The van der Waals surface area contributed by atoms with Crippen molar-refractivity contribution in [2.45, 2.75) is 38.0 Å². The van der Waals surface area contributed by atoms with E-state index in [1.54, 1.807) is 23.1 Å². The van der Waals surface area contributed by atoms with Crippen molar-refractivity contribution in [2.75, 3.05) is 5.32 Å². The lowest BCUT2D eigenvalue weighted by atomic mass is 9.89. The predicted molar refractivity (Wildman–Crippen MR) is 94.2 cm³/mol. The van der Waals surface area contributed by atoms with Gasteiger partial charge in [-0.3, -0.25) is 4.79 Å². The first-order valence-corrected chi connectivity index (χ1v) is 8.71. The Bertz CT molecular complexity index is 994. The molecule has 0 aromatic carbocycles. The fraction of sp³-hybridized carbons (Fsp3) is 0.333. The maximum Gasteiger partial charge on any atom is 0.256 e. The quantitative estimate of drug-likeness (QED) is 0.644. The second kappa shape index (κ2) is 5.69. The summed E-state index contributed by atoms with van der Waals surface area (Å²) in [7, 11) is 0. The van der Waals surface area contributed by atoms with E-state index < -0.39 is 0 Å². The molecule has 1 fully saturated rings. The Labute approximate surface area is 149 Å². The second-order valence-electron chi connectivity index (χ2n) is 6.78. The normalized spacial score (nSPS) is 24.7. The summed E-state index contributed by atoms with van der Waals surface area (Å²) in [5, 5.41) is 10.6. The van der Waals surface area contributed by atoms with Gasteiger partial charge in [0, 0.05) is 36.8 Å². The molecule has 26 heavy (non-hydrogen) atoms. The Morgan fingerprint density at radius 3 is 3.04 bits per heavy atom. The Morgan fingerprint density at radius 1 is 1.27 bits per heavy atom. The number of ether oxygens (including phenoxy) is 1. The van der Waals surface area contributed by atoms with E-state index in [0.29, 0.717) is 22.9 Å². The highest BCUT2D eigenvalue weighted by atomic mass is 16.5. The fourth-order valence-corrected chi connectivity index (χ4v) is 3.44. The summed E-state index contributed by atoms with van der Waals surface area (Å²) in [5.41, 5.74) is 1.99. The van der Waals surface area contributed by atoms with Gasteiger partial charge in [0.2, 0.25) is 5.88 Å². The number of pyridine rings is 1. The van der Waals surface area contributed by atoms with Crippen LogP contribution in [0.3, 0.4) is 0 Å². The molecule has 132 valence electrons. The van der Waals surface area contributed by atoms with Crippen molar-refractivity contribution in [1.29, 1.82) is 0 Å². The van der Waals surface area contributed by atoms with Crippen molar-refractivity contribution in [3.05, 3.63) is 47.9 Å². The average Bonchev–Trinajstić information content (AvgIpc) is 3.03. The SMILES string of the molecule is C[C@H]1Nc2ccn3ncc(c3n2)C(=O)N[C@H]2C[C@H](C2)Oc2ncccc21. The lowest BCUT2D eigenvalue weighted by molar-refractivity contribution is 0.0673. The Morgan fingerprint density at radius 2 is 2.15 bits per heavy atom. The van der Waals surface area contributed by atoms with Crippen molar-refractivity contribution in [3.8, 4) is 5.88 Å². The van der Waals surface area contributed by atoms with E-state index in [4.69, 9.17) is 4.74 Å². The number of amides is 1. The number of nitrogens with one attached hydrogen (secondary N) is 2. The molecule has 1 amide bonds. The Balaban J connectivity index is 1.60. The van der Waals surface area contributed by atoms with Crippen LogP contribution in [0.25, 0.3) is 5.65 Å². The van der Waals surface area contributed by atoms with Crippen LogP contribution in [0.4, 0.5) is 5.82 Å². The molecule has 1 atom stereocenters. The smallest absolute Gasteiger partial charge is 0.256 e. The zero-order valence-electron chi connectivity index (χ0n) is 14.2. The summed E-state index contributed by atoms with van der Waals surface area (Å²) in [6, 6.07) is 5.79. The first kappa shape index (κ1) is 15.1.